The number of ether oxygens (including phenoxy) is 1. The van der Waals surface area contributed by atoms with Crippen LogP contribution in [0.3, 0.4) is 0 Å². The standard InChI is InChI=1S/C28H33N9O3/c1-28(2,3)39-27(38)36-10-8-15(9-11-36)17-12-30-25(31-13-17)19-22(35-40-23(19)16-4-5-16)21-20-24(29)32-14-33-26(20)37(34-21)18-6-7-18/h12-16,18H,4-11H2,1-3H3,(H2,29,32,33). The minimum atomic E-state index is -0.501. The molecule has 0 bridgehead atoms. The van der Waals surface area contributed by atoms with E-state index in [4.69, 9.17) is 30.1 Å². The van der Waals surface area contributed by atoms with Gasteiger partial charge in [-0.05, 0) is 70.8 Å². The van der Waals surface area contributed by atoms with Crippen LogP contribution in [0.15, 0.2) is 23.2 Å². The third-order valence-corrected chi connectivity index (χ3v) is 7.82. The van der Waals surface area contributed by atoms with E-state index in [-0.39, 0.29) is 12.0 Å². The predicted octanol–water partition coefficient (Wildman–Crippen LogP) is 4.85. The molecule has 0 atom stereocenters. The molecule has 4 aromatic heterocycles. The zero-order valence-electron chi connectivity index (χ0n) is 23.0. The number of hydrogen-bond donors (Lipinski definition) is 1. The van der Waals surface area contributed by atoms with Crippen LogP contribution >= 0.6 is 0 Å². The molecule has 2 N–H and O–H groups in total. The zero-order chi connectivity index (χ0) is 27.6. The van der Waals surface area contributed by atoms with E-state index in [1.165, 1.54) is 6.33 Å². The van der Waals surface area contributed by atoms with Crippen LogP contribution in [-0.2, 0) is 4.74 Å². The van der Waals surface area contributed by atoms with Gasteiger partial charge >= 0.3 is 6.09 Å². The summed E-state index contributed by atoms with van der Waals surface area (Å²) in [4.78, 5) is 32.6. The summed E-state index contributed by atoms with van der Waals surface area (Å²) in [6.45, 7) is 6.94. The van der Waals surface area contributed by atoms with E-state index in [0.717, 1.165) is 55.4 Å². The minimum Gasteiger partial charge on any atom is -0.444 e. The summed E-state index contributed by atoms with van der Waals surface area (Å²) >= 11 is 0. The van der Waals surface area contributed by atoms with Gasteiger partial charge in [0.15, 0.2) is 17.2 Å². The zero-order valence-corrected chi connectivity index (χ0v) is 23.0. The lowest BCUT2D eigenvalue weighted by atomic mass is 9.91. The molecule has 12 heteroatoms. The van der Waals surface area contributed by atoms with Crippen molar-refractivity contribution >= 4 is 22.9 Å². The fraction of sp³-hybridized carbons (Fsp3) is 0.536. The van der Waals surface area contributed by atoms with Crippen molar-refractivity contribution in [3.05, 3.63) is 30.0 Å². The van der Waals surface area contributed by atoms with Gasteiger partial charge in [-0.3, -0.25) is 0 Å². The smallest absolute Gasteiger partial charge is 0.410 e. The molecule has 12 nitrogen and oxygen atoms in total. The van der Waals surface area contributed by atoms with Crippen molar-refractivity contribution < 1.29 is 14.1 Å². The predicted molar refractivity (Wildman–Crippen MR) is 146 cm³/mol. The van der Waals surface area contributed by atoms with Crippen LogP contribution in [0, 0.1) is 0 Å². The third-order valence-electron chi connectivity index (χ3n) is 7.82. The highest BCUT2D eigenvalue weighted by Gasteiger charge is 2.37. The third kappa shape index (κ3) is 4.54. The number of piperidine rings is 1. The van der Waals surface area contributed by atoms with E-state index in [2.05, 4.69) is 15.1 Å². The van der Waals surface area contributed by atoms with Gasteiger partial charge in [0.1, 0.15) is 29.1 Å². The van der Waals surface area contributed by atoms with E-state index in [1.807, 2.05) is 37.8 Å². The van der Waals surface area contributed by atoms with Crippen molar-refractivity contribution in [1.82, 2.24) is 39.8 Å². The Hall–Kier alpha value is -4.09. The number of hydrogen-bond acceptors (Lipinski definition) is 10. The summed E-state index contributed by atoms with van der Waals surface area (Å²) < 4.78 is 13.4. The van der Waals surface area contributed by atoms with Crippen molar-refractivity contribution in [1.29, 1.82) is 0 Å². The van der Waals surface area contributed by atoms with Crippen molar-refractivity contribution in [2.45, 2.75) is 82.8 Å². The number of nitrogens with zero attached hydrogens (tertiary/aromatic N) is 8. The Labute approximate surface area is 231 Å². The molecule has 1 aliphatic heterocycles. The second-order valence-electron chi connectivity index (χ2n) is 12.1. The van der Waals surface area contributed by atoms with Crippen LogP contribution in [0.1, 0.15) is 88.5 Å². The highest BCUT2D eigenvalue weighted by molar-refractivity contribution is 6.00. The van der Waals surface area contributed by atoms with E-state index in [1.54, 1.807) is 4.90 Å². The minimum absolute atomic E-state index is 0.257. The molecule has 2 saturated carbocycles. The second kappa shape index (κ2) is 9.24. The molecule has 1 amide bonds. The fourth-order valence-corrected chi connectivity index (χ4v) is 5.44. The van der Waals surface area contributed by atoms with Crippen LogP contribution < -0.4 is 5.73 Å². The highest BCUT2D eigenvalue weighted by Crippen LogP contribution is 2.48. The lowest BCUT2D eigenvalue weighted by Gasteiger charge is -2.33. The number of amides is 1. The lowest BCUT2D eigenvalue weighted by Crippen LogP contribution is -2.41. The summed E-state index contributed by atoms with van der Waals surface area (Å²) in [7, 11) is 0. The molecule has 0 aromatic carbocycles. The molecule has 1 saturated heterocycles. The Kier molecular flexibility index (Phi) is 5.76. The number of carbonyl (C=O) groups excluding carboxylic acids is 1. The average Bonchev–Trinajstić information content (AvgIpc) is 3.87. The molecule has 3 aliphatic rings. The van der Waals surface area contributed by atoms with Gasteiger partial charge in [-0.2, -0.15) is 5.10 Å². The van der Waals surface area contributed by atoms with Gasteiger partial charge in [0.2, 0.25) is 0 Å². The monoisotopic (exact) mass is 543 g/mol. The molecule has 5 heterocycles. The molecule has 0 unspecified atom stereocenters. The topological polar surface area (TPSA) is 151 Å². The summed E-state index contributed by atoms with van der Waals surface area (Å²) in [5, 5.41) is 10.1. The van der Waals surface area contributed by atoms with Crippen LogP contribution in [0.4, 0.5) is 10.6 Å². The quantitative estimate of drug-likeness (QED) is 0.370. The first-order chi connectivity index (χ1) is 19.3. The van der Waals surface area contributed by atoms with Gasteiger partial charge in [-0.15, -0.1) is 0 Å². The summed E-state index contributed by atoms with van der Waals surface area (Å²) in [6.07, 6.45) is 10.9. The van der Waals surface area contributed by atoms with Gasteiger partial charge in [-0.1, -0.05) is 5.16 Å². The largest absolute Gasteiger partial charge is 0.444 e. The number of fused-ring (bicyclic) bond motifs is 1. The van der Waals surface area contributed by atoms with E-state index >= 15 is 0 Å². The molecule has 0 radical (unpaired) electrons. The van der Waals surface area contributed by atoms with Crippen molar-refractivity contribution in [2.24, 2.45) is 0 Å². The number of anilines is 1. The maximum atomic E-state index is 12.5. The first kappa shape index (κ1) is 24.9. The van der Waals surface area contributed by atoms with E-state index < -0.39 is 5.60 Å². The maximum Gasteiger partial charge on any atom is 0.410 e. The van der Waals surface area contributed by atoms with Gasteiger partial charge < -0.3 is 19.9 Å². The first-order valence-electron chi connectivity index (χ1n) is 14.1. The Morgan fingerprint density at radius 3 is 2.35 bits per heavy atom. The number of aromatic nitrogens is 7. The summed E-state index contributed by atoms with van der Waals surface area (Å²) in [5.41, 5.74) is 9.54. The number of nitrogens with two attached hydrogens (primary N) is 1. The molecule has 3 fully saturated rings. The molecule has 208 valence electrons. The summed E-state index contributed by atoms with van der Waals surface area (Å²) in [6, 6.07) is 0.307. The highest BCUT2D eigenvalue weighted by atomic mass is 16.6. The Morgan fingerprint density at radius 2 is 1.70 bits per heavy atom. The van der Waals surface area contributed by atoms with Gasteiger partial charge in [-0.25, -0.2) is 29.4 Å². The molecule has 4 aromatic rings. The Bertz CT molecular complexity index is 1570. The summed E-state index contributed by atoms with van der Waals surface area (Å²) in [5.74, 6) is 2.27. The van der Waals surface area contributed by atoms with Crippen LogP contribution in [-0.4, -0.2) is 64.6 Å². The first-order valence-corrected chi connectivity index (χ1v) is 14.1. The van der Waals surface area contributed by atoms with Crippen molar-refractivity contribution in [3.63, 3.8) is 0 Å². The van der Waals surface area contributed by atoms with Crippen molar-refractivity contribution in [2.75, 3.05) is 18.8 Å². The second-order valence-corrected chi connectivity index (χ2v) is 12.1. The molecule has 7 rings (SSSR count). The number of likely N-dealkylation sites (tertiary alicyclic amines) is 1. The number of nitrogen functional groups attached to an aromatic ring is 1. The molecular weight excluding hydrogens is 510 g/mol. The van der Waals surface area contributed by atoms with Crippen LogP contribution in [0.2, 0.25) is 0 Å². The van der Waals surface area contributed by atoms with E-state index in [0.29, 0.717) is 59.1 Å². The molecule has 0 spiro atoms. The van der Waals surface area contributed by atoms with Crippen molar-refractivity contribution in [3.8, 4) is 22.8 Å². The molecular formula is C28H33N9O3. The van der Waals surface area contributed by atoms with Crippen LogP contribution in [0.5, 0.6) is 0 Å². The molecule has 40 heavy (non-hydrogen) atoms. The van der Waals surface area contributed by atoms with Gasteiger partial charge in [0.05, 0.1) is 17.0 Å². The van der Waals surface area contributed by atoms with Gasteiger partial charge in [0.25, 0.3) is 0 Å². The van der Waals surface area contributed by atoms with Crippen LogP contribution in [0.25, 0.3) is 33.8 Å². The normalized spacial score (nSPS) is 18.4. The fourth-order valence-electron chi connectivity index (χ4n) is 5.44. The Balaban J connectivity index is 1.18. The van der Waals surface area contributed by atoms with E-state index in [9.17, 15) is 4.79 Å². The van der Waals surface area contributed by atoms with Gasteiger partial charge in [0, 0.05) is 31.4 Å². The number of carbonyl (C=O) groups is 1. The maximum absolute atomic E-state index is 12.5. The lowest BCUT2D eigenvalue weighted by molar-refractivity contribution is 0.0204. The molecule has 2 aliphatic carbocycles. The Morgan fingerprint density at radius 1 is 0.975 bits per heavy atom. The number of rotatable bonds is 5. The SMILES string of the molecule is CC(C)(C)OC(=O)N1CCC(c2cnc(-c3c(-c4nn(C5CC5)c5ncnc(N)c45)noc3C3CC3)nc2)CC1. The average molecular weight is 544 g/mol.